The fraction of sp³-hybridized carbons (Fsp3) is 0.263. The summed E-state index contributed by atoms with van der Waals surface area (Å²) in [5, 5.41) is 3.36. The molecule has 4 rings (SSSR count). The molecule has 1 aromatic heterocycles. The Kier molecular flexibility index (Phi) is 5.38. The van der Waals surface area contributed by atoms with Gasteiger partial charge in [0.2, 0.25) is 5.88 Å². The molecule has 0 aliphatic carbocycles. The normalized spacial score (nSPS) is 20.5. The zero-order chi connectivity index (χ0) is 18.8. The summed E-state index contributed by atoms with van der Waals surface area (Å²) >= 11 is 4.85. The van der Waals surface area contributed by atoms with Crippen molar-refractivity contribution in [1.82, 2.24) is 5.32 Å². The molecular weight excluding hydrogens is 430 g/mol. The van der Waals surface area contributed by atoms with Gasteiger partial charge in [0.05, 0.1) is 28.3 Å². The molecule has 0 radical (unpaired) electrons. The molecule has 2 aliphatic rings. The lowest BCUT2D eigenvalue weighted by Crippen LogP contribution is -2.36. The molecule has 3 heterocycles. The first-order chi connectivity index (χ1) is 13.1. The van der Waals surface area contributed by atoms with E-state index in [9.17, 15) is 4.79 Å². The first-order valence-corrected chi connectivity index (χ1v) is 10.2. The van der Waals surface area contributed by atoms with Crippen LogP contribution in [0.2, 0.25) is 0 Å². The van der Waals surface area contributed by atoms with Gasteiger partial charge in [0.25, 0.3) is 5.91 Å². The SMILES string of the molecule is Cc1ccc(N=C2NC(=O)/C(=C/c3cc(Br)c(N4CCOCC4)o3)S2)cc1. The highest BCUT2D eigenvalue weighted by molar-refractivity contribution is 9.10. The lowest BCUT2D eigenvalue weighted by molar-refractivity contribution is -0.115. The second kappa shape index (κ2) is 7.92. The number of nitrogens with one attached hydrogen (secondary N) is 1. The van der Waals surface area contributed by atoms with Crippen LogP contribution >= 0.6 is 27.7 Å². The Bertz CT molecular complexity index is 915. The smallest absolute Gasteiger partial charge is 0.264 e. The number of thioether (sulfide) groups is 1. The van der Waals surface area contributed by atoms with Gasteiger partial charge in [-0.05, 0) is 46.7 Å². The molecule has 140 valence electrons. The Morgan fingerprint density at radius 2 is 2.00 bits per heavy atom. The molecule has 2 saturated heterocycles. The van der Waals surface area contributed by atoms with Gasteiger partial charge in [0.1, 0.15) is 5.76 Å². The number of rotatable bonds is 3. The zero-order valence-corrected chi connectivity index (χ0v) is 17.1. The Labute approximate surface area is 169 Å². The quantitative estimate of drug-likeness (QED) is 0.717. The van der Waals surface area contributed by atoms with Gasteiger partial charge in [-0.2, -0.15) is 0 Å². The van der Waals surface area contributed by atoms with E-state index in [1.807, 2.05) is 37.3 Å². The fourth-order valence-corrected chi connectivity index (χ4v) is 4.16. The van der Waals surface area contributed by atoms with Gasteiger partial charge < -0.3 is 19.4 Å². The Morgan fingerprint density at radius 3 is 2.74 bits per heavy atom. The number of amides is 1. The fourth-order valence-electron chi connectivity index (χ4n) is 2.78. The van der Waals surface area contributed by atoms with Crippen LogP contribution in [0.4, 0.5) is 11.6 Å². The van der Waals surface area contributed by atoms with Crippen LogP contribution in [0.5, 0.6) is 0 Å². The van der Waals surface area contributed by atoms with Crippen molar-refractivity contribution >= 4 is 56.4 Å². The van der Waals surface area contributed by atoms with Crippen LogP contribution in [0.1, 0.15) is 11.3 Å². The van der Waals surface area contributed by atoms with Crippen molar-refractivity contribution in [3.63, 3.8) is 0 Å². The van der Waals surface area contributed by atoms with E-state index in [-0.39, 0.29) is 5.91 Å². The zero-order valence-electron chi connectivity index (χ0n) is 14.7. The molecule has 0 bridgehead atoms. The predicted molar refractivity (Wildman–Crippen MR) is 111 cm³/mol. The molecule has 1 amide bonds. The largest absolute Gasteiger partial charge is 0.440 e. The number of hydrogen-bond acceptors (Lipinski definition) is 6. The van der Waals surface area contributed by atoms with Crippen LogP contribution in [0.3, 0.4) is 0 Å². The summed E-state index contributed by atoms with van der Waals surface area (Å²) in [7, 11) is 0. The number of morpholine rings is 1. The third-order valence-corrected chi connectivity index (χ3v) is 5.65. The first kappa shape index (κ1) is 18.3. The van der Waals surface area contributed by atoms with Crippen LogP contribution < -0.4 is 10.2 Å². The van der Waals surface area contributed by atoms with Crippen molar-refractivity contribution in [2.45, 2.75) is 6.92 Å². The highest BCUT2D eigenvalue weighted by Gasteiger charge is 2.25. The monoisotopic (exact) mass is 447 g/mol. The lowest BCUT2D eigenvalue weighted by Gasteiger charge is -2.26. The van der Waals surface area contributed by atoms with Gasteiger partial charge in [0.15, 0.2) is 5.17 Å². The number of nitrogens with zero attached hydrogens (tertiary/aromatic N) is 2. The number of hydrogen-bond donors (Lipinski definition) is 1. The first-order valence-electron chi connectivity index (χ1n) is 8.57. The van der Waals surface area contributed by atoms with E-state index in [2.05, 4.69) is 31.1 Å². The maximum atomic E-state index is 12.3. The highest BCUT2D eigenvalue weighted by atomic mass is 79.9. The maximum absolute atomic E-state index is 12.3. The molecule has 1 N–H and O–H groups in total. The highest BCUT2D eigenvalue weighted by Crippen LogP contribution is 2.34. The standard InChI is InChI=1S/C19H18BrN3O3S/c1-12-2-4-13(5-3-12)21-19-22-17(24)16(27-19)11-14-10-15(20)18(26-14)23-6-8-25-9-7-23/h2-5,10-11H,6-9H2,1H3,(H,21,22,24)/b16-11-. The summed E-state index contributed by atoms with van der Waals surface area (Å²) in [4.78, 5) is 19.4. The molecule has 2 aromatic rings. The van der Waals surface area contributed by atoms with E-state index in [0.29, 0.717) is 29.0 Å². The summed E-state index contributed by atoms with van der Waals surface area (Å²) in [6.07, 6.45) is 1.74. The van der Waals surface area contributed by atoms with Crippen LogP contribution in [0.25, 0.3) is 6.08 Å². The van der Waals surface area contributed by atoms with Crippen molar-refractivity contribution in [1.29, 1.82) is 0 Å². The average Bonchev–Trinajstić information content (AvgIpc) is 3.20. The van der Waals surface area contributed by atoms with Crippen LogP contribution in [0.15, 0.2) is 49.1 Å². The van der Waals surface area contributed by atoms with Gasteiger partial charge in [0, 0.05) is 25.2 Å². The summed E-state index contributed by atoms with van der Waals surface area (Å²) < 4.78 is 12.2. The minimum absolute atomic E-state index is 0.175. The summed E-state index contributed by atoms with van der Waals surface area (Å²) in [6, 6.07) is 9.71. The molecule has 0 unspecified atom stereocenters. The molecule has 6 nitrogen and oxygen atoms in total. The average molecular weight is 448 g/mol. The third kappa shape index (κ3) is 4.28. The Morgan fingerprint density at radius 1 is 1.26 bits per heavy atom. The molecule has 1 aromatic carbocycles. The Balaban J connectivity index is 1.52. The van der Waals surface area contributed by atoms with E-state index in [1.165, 1.54) is 17.3 Å². The van der Waals surface area contributed by atoms with E-state index >= 15 is 0 Å². The van der Waals surface area contributed by atoms with Gasteiger partial charge in [-0.25, -0.2) is 4.99 Å². The molecule has 8 heteroatoms. The number of ether oxygens (including phenoxy) is 1. The van der Waals surface area contributed by atoms with Crippen molar-refractivity contribution in [3.05, 3.63) is 51.0 Å². The van der Waals surface area contributed by atoms with Crippen LogP contribution in [-0.2, 0) is 9.53 Å². The number of aryl methyl sites for hydroxylation is 1. The summed E-state index contributed by atoms with van der Waals surface area (Å²) in [6.45, 7) is 4.95. The third-order valence-electron chi connectivity index (χ3n) is 4.17. The van der Waals surface area contributed by atoms with E-state index in [0.717, 1.165) is 29.1 Å². The van der Waals surface area contributed by atoms with Crippen LogP contribution in [0, 0.1) is 6.92 Å². The number of carbonyl (C=O) groups is 1. The number of amidine groups is 1. The van der Waals surface area contributed by atoms with Crippen molar-refractivity contribution < 1.29 is 13.9 Å². The predicted octanol–water partition coefficient (Wildman–Crippen LogP) is 4.08. The van der Waals surface area contributed by atoms with Gasteiger partial charge in [-0.1, -0.05) is 17.7 Å². The van der Waals surface area contributed by atoms with Crippen molar-refractivity contribution in [2.75, 3.05) is 31.2 Å². The number of carbonyl (C=O) groups excluding carboxylic acids is 1. The topological polar surface area (TPSA) is 67.1 Å². The summed E-state index contributed by atoms with van der Waals surface area (Å²) in [5.74, 6) is 1.21. The summed E-state index contributed by atoms with van der Waals surface area (Å²) in [5.41, 5.74) is 1.97. The molecular formula is C19H18BrN3O3S. The number of anilines is 1. The molecule has 2 aliphatic heterocycles. The van der Waals surface area contributed by atoms with Crippen LogP contribution in [-0.4, -0.2) is 37.4 Å². The molecule has 0 atom stereocenters. The van der Waals surface area contributed by atoms with Gasteiger partial charge >= 0.3 is 0 Å². The number of aliphatic imine (C=N–C) groups is 1. The molecule has 27 heavy (non-hydrogen) atoms. The van der Waals surface area contributed by atoms with Crippen molar-refractivity contribution in [3.8, 4) is 0 Å². The van der Waals surface area contributed by atoms with Gasteiger partial charge in [-0.3, -0.25) is 4.79 Å². The van der Waals surface area contributed by atoms with E-state index in [4.69, 9.17) is 9.15 Å². The van der Waals surface area contributed by atoms with E-state index in [1.54, 1.807) is 6.08 Å². The van der Waals surface area contributed by atoms with Gasteiger partial charge in [-0.15, -0.1) is 0 Å². The minimum Gasteiger partial charge on any atom is -0.440 e. The number of halogens is 1. The molecule has 0 spiro atoms. The molecule has 0 saturated carbocycles. The Hall–Kier alpha value is -2.03. The second-order valence-corrected chi connectivity index (χ2v) is 8.10. The van der Waals surface area contributed by atoms with E-state index < -0.39 is 0 Å². The molecule has 2 fully saturated rings. The minimum atomic E-state index is -0.175. The van der Waals surface area contributed by atoms with Crippen molar-refractivity contribution in [2.24, 2.45) is 4.99 Å². The maximum Gasteiger partial charge on any atom is 0.264 e. The number of furan rings is 1. The second-order valence-electron chi connectivity index (χ2n) is 6.22. The number of benzene rings is 1. The lowest BCUT2D eigenvalue weighted by atomic mass is 10.2.